The molecule has 78 heavy (non-hydrogen) atoms. The van der Waals surface area contributed by atoms with Gasteiger partial charge in [0.15, 0.2) is 0 Å². The molecule has 0 unspecified atom stereocenters. The van der Waals surface area contributed by atoms with Crippen LogP contribution in [0.1, 0.15) is 38.9 Å². The molecule has 390 valence electrons. The molecule has 0 N–H and O–H groups in total. The van der Waals surface area contributed by atoms with Gasteiger partial charge in [-0.2, -0.15) is 39.5 Å². The molecule has 0 spiro atoms. The van der Waals surface area contributed by atoms with E-state index in [9.17, 15) is 39.5 Å². The van der Waals surface area contributed by atoms with Gasteiger partial charge >= 0.3 is 18.5 Å². The zero-order valence-electron chi connectivity index (χ0n) is 42.7. The number of rotatable bonds is 11. The van der Waals surface area contributed by atoms with Gasteiger partial charge in [0, 0.05) is 34.1 Å². The van der Waals surface area contributed by atoms with E-state index in [4.69, 9.17) is 0 Å². The summed E-state index contributed by atoms with van der Waals surface area (Å²) in [6.45, 7) is 7.49. The summed E-state index contributed by atoms with van der Waals surface area (Å²) in [5.41, 5.74) is 5.96. The first kappa shape index (κ1) is 52.6. The van der Waals surface area contributed by atoms with Crippen LogP contribution in [-0.4, -0.2) is 0 Å². The maximum absolute atomic E-state index is 14.7. The Labute approximate surface area is 447 Å². The molecule has 0 heterocycles. The van der Waals surface area contributed by atoms with Gasteiger partial charge in [-0.05, 0) is 209 Å². The van der Waals surface area contributed by atoms with Crippen molar-refractivity contribution in [3.8, 4) is 55.6 Å². The fourth-order valence-electron chi connectivity index (χ4n) is 10.6. The van der Waals surface area contributed by atoms with Crippen LogP contribution in [0.25, 0.3) is 55.6 Å². The molecule has 10 aromatic carbocycles. The monoisotopic (exact) mass is 1050 g/mol. The molecule has 0 radical (unpaired) electrons. The molecule has 0 bridgehead atoms. The van der Waals surface area contributed by atoms with Crippen LogP contribution in [0.3, 0.4) is 0 Å². The van der Waals surface area contributed by atoms with Gasteiger partial charge in [0.1, 0.15) is 0 Å². The quantitative estimate of drug-likeness (QED) is 0.119. The SMILES string of the molecule is Cc1cc(-c2ccc(N(c3ccccc3)c3ccccc3)cc2)cc(C)c1-c1cc(-c2cc(C(F)(F)F)c(C(F)(F)F)c(C(F)(F)F)c2)cc(-c2c(C)cc(-c3ccc(N(c4ccccc4)c4ccccc4)cc3)cc2C)c1. The molecule has 0 saturated carbocycles. The van der Waals surface area contributed by atoms with Gasteiger partial charge in [0.2, 0.25) is 0 Å². The van der Waals surface area contributed by atoms with Gasteiger partial charge in [-0.25, -0.2) is 0 Å². The second-order valence-corrected chi connectivity index (χ2v) is 19.3. The second kappa shape index (κ2) is 20.9. The zero-order valence-corrected chi connectivity index (χ0v) is 42.7. The minimum Gasteiger partial charge on any atom is -0.311 e. The molecule has 2 nitrogen and oxygen atoms in total. The Hall–Kier alpha value is -8.83. The van der Waals surface area contributed by atoms with Crippen molar-refractivity contribution in [3.63, 3.8) is 0 Å². The van der Waals surface area contributed by atoms with Crippen LogP contribution in [0, 0.1) is 27.7 Å². The smallest absolute Gasteiger partial charge is 0.311 e. The molecule has 0 aliphatic rings. The summed E-state index contributed by atoms with van der Waals surface area (Å²) >= 11 is 0. The van der Waals surface area contributed by atoms with Gasteiger partial charge < -0.3 is 9.80 Å². The van der Waals surface area contributed by atoms with Gasteiger partial charge in [-0.3, -0.25) is 0 Å². The summed E-state index contributed by atoms with van der Waals surface area (Å²) < 4.78 is 131. The van der Waals surface area contributed by atoms with Crippen LogP contribution in [0.5, 0.6) is 0 Å². The standard InChI is InChI=1S/C67H49F9N2/c1-42-33-48(46-25-29-58(30-26-46)77(54-17-9-5-10-18-54)55-19-11-6-12-20-55)34-43(2)62(42)52-37-50(51-40-60(65(68,69)70)64(67(74,75)76)61(41-51)66(71,72)73)38-53(39-52)63-44(3)35-49(36-45(63)4)47-27-31-59(32-28-47)78(56-21-13-7-14-22-56)57-23-15-8-16-24-57/h5-41H,1-4H3. The fraction of sp³-hybridized carbons (Fsp3) is 0.104. The van der Waals surface area contributed by atoms with E-state index in [0.29, 0.717) is 22.3 Å². The lowest BCUT2D eigenvalue weighted by Crippen LogP contribution is -2.23. The highest BCUT2D eigenvalue weighted by atomic mass is 19.4. The minimum absolute atomic E-state index is 0.132. The Balaban J connectivity index is 1.09. The average Bonchev–Trinajstić information content (AvgIpc) is 3.60. The predicted molar refractivity (Wildman–Crippen MR) is 297 cm³/mol. The van der Waals surface area contributed by atoms with Crippen LogP contribution < -0.4 is 9.80 Å². The highest BCUT2D eigenvalue weighted by Gasteiger charge is 2.50. The van der Waals surface area contributed by atoms with Crippen LogP contribution in [0.4, 0.5) is 73.6 Å². The molecule has 10 rings (SSSR count). The third-order valence-corrected chi connectivity index (χ3v) is 13.9. The number of hydrogen-bond acceptors (Lipinski definition) is 2. The molecule has 0 atom stereocenters. The number of aryl methyl sites for hydroxylation is 4. The normalized spacial score (nSPS) is 11.9. The lowest BCUT2D eigenvalue weighted by molar-refractivity contribution is -0.174. The molecule has 0 aliphatic carbocycles. The molecular weight excluding hydrogens is 1000 g/mol. The van der Waals surface area contributed by atoms with E-state index >= 15 is 0 Å². The molecule has 0 aromatic heterocycles. The second-order valence-electron chi connectivity index (χ2n) is 19.3. The van der Waals surface area contributed by atoms with Gasteiger partial charge in [-0.1, -0.05) is 121 Å². The van der Waals surface area contributed by atoms with E-state index in [1.54, 1.807) is 0 Å². The first-order valence-corrected chi connectivity index (χ1v) is 25.0. The van der Waals surface area contributed by atoms with Crippen molar-refractivity contribution in [2.75, 3.05) is 9.80 Å². The Morgan fingerprint density at radius 2 is 0.487 bits per heavy atom. The van der Waals surface area contributed by atoms with Crippen LogP contribution in [0.15, 0.2) is 224 Å². The van der Waals surface area contributed by atoms with Crippen molar-refractivity contribution >= 4 is 34.1 Å². The fourth-order valence-corrected chi connectivity index (χ4v) is 10.6. The third-order valence-electron chi connectivity index (χ3n) is 13.9. The van der Waals surface area contributed by atoms with Crippen molar-refractivity contribution in [3.05, 3.63) is 263 Å². The first-order chi connectivity index (χ1) is 37.2. The third kappa shape index (κ3) is 10.8. The van der Waals surface area contributed by atoms with Crippen molar-refractivity contribution in [1.29, 1.82) is 0 Å². The summed E-state index contributed by atoms with van der Waals surface area (Å²) in [6.07, 6.45) is -17.5. The van der Waals surface area contributed by atoms with Gasteiger partial charge in [-0.15, -0.1) is 0 Å². The molecule has 11 heteroatoms. The van der Waals surface area contributed by atoms with E-state index < -0.39 is 40.8 Å². The first-order valence-electron chi connectivity index (χ1n) is 25.0. The average molecular weight is 1050 g/mol. The Morgan fingerprint density at radius 3 is 0.756 bits per heavy atom. The summed E-state index contributed by atoms with van der Waals surface area (Å²) in [5, 5.41) is 0. The van der Waals surface area contributed by atoms with Crippen molar-refractivity contribution in [1.82, 2.24) is 0 Å². The maximum Gasteiger partial charge on any atom is 0.417 e. The highest BCUT2D eigenvalue weighted by Crippen LogP contribution is 2.50. The van der Waals surface area contributed by atoms with Crippen LogP contribution in [-0.2, 0) is 18.5 Å². The van der Waals surface area contributed by atoms with Crippen molar-refractivity contribution in [2.45, 2.75) is 46.2 Å². The largest absolute Gasteiger partial charge is 0.417 e. The number of hydrogen-bond donors (Lipinski definition) is 0. The topological polar surface area (TPSA) is 6.48 Å². The Bertz CT molecular complexity index is 3400. The summed E-state index contributed by atoms with van der Waals surface area (Å²) in [5.74, 6) is 0. The molecule has 0 aliphatic heterocycles. The Morgan fingerprint density at radius 1 is 0.244 bits per heavy atom. The minimum atomic E-state index is -5.97. The number of halogens is 9. The van der Waals surface area contributed by atoms with E-state index in [1.807, 2.05) is 228 Å². The zero-order chi connectivity index (χ0) is 55.1. The van der Waals surface area contributed by atoms with Crippen LogP contribution >= 0.6 is 0 Å². The lowest BCUT2D eigenvalue weighted by atomic mass is 9.85. The van der Waals surface area contributed by atoms with Crippen molar-refractivity contribution < 1.29 is 39.5 Å². The van der Waals surface area contributed by atoms with E-state index in [1.165, 1.54) is 12.1 Å². The van der Waals surface area contributed by atoms with Gasteiger partial charge in [0.25, 0.3) is 0 Å². The maximum atomic E-state index is 14.7. The van der Waals surface area contributed by atoms with E-state index in [0.717, 1.165) is 78.6 Å². The Kier molecular flexibility index (Phi) is 14.1. The summed E-state index contributed by atoms with van der Waals surface area (Å²) in [6, 6.07) is 68.9. The number of para-hydroxylation sites is 4. The number of nitrogens with zero attached hydrogens (tertiary/aromatic N) is 2. The lowest BCUT2D eigenvalue weighted by Gasteiger charge is -2.25. The van der Waals surface area contributed by atoms with E-state index in [-0.39, 0.29) is 17.7 Å². The molecule has 0 amide bonds. The summed E-state index contributed by atoms with van der Waals surface area (Å²) in [7, 11) is 0. The number of anilines is 6. The van der Waals surface area contributed by atoms with Crippen LogP contribution in [0.2, 0.25) is 0 Å². The van der Waals surface area contributed by atoms with Gasteiger partial charge in [0.05, 0.1) is 16.7 Å². The molecule has 10 aromatic rings. The highest BCUT2D eigenvalue weighted by molar-refractivity contribution is 5.88. The number of alkyl halides is 9. The predicted octanol–water partition coefficient (Wildman–Crippen LogP) is 21.3. The number of benzene rings is 10. The molecule has 0 fully saturated rings. The summed E-state index contributed by atoms with van der Waals surface area (Å²) in [4.78, 5) is 4.28. The van der Waals surface area contributed by atoms with Crippen molar-refractivity contribution in [2.24, 2.45) is 0 Å². The van der Waals surface area contributed by atoms with E-state index in [2.05, 4.69) is 9.80 Å². The molecular formula is C67H49F9N2. The molecule has 0 saturated heterocycles.